The highest BCUT2D eigenvalue weighted by molar-refractivity contribution is 6.13. The summed E-state index contributed by atoms with van der Waals surface area (Å²) in [5.74, 6) is 0. The molecule has 0 bridgehead atoms. The second kappa shape index (κ2) is 11.8. The Morgan fingerprint density at radius 1 is 0.364 bits per heavy atom. The van der Waals surface area contributed by atoms with Gasteiger partial charge >= 0.3 is 0 Å². The van der Waals surface area contributed by atoms with Gasteiger partial charge in [0.15, 0.2) is 0 Å². The molecule has 5 heteroatoms. The first-order valence-electron chi connectivity index (χ1n) is 18.3. The highest BCUT2D eigenvalue weighted by atomic mass is 15.0. The molecule has 0 aliphatic rings. The van der Waals surface area contributed by atoms with Gasteiger partial charge < -0.3 is 13.7 Å². The molecule has 5 nitrogen and oxygen atoms in total. The van der Waals surface area contributed by atoms with Gasteiger partial charge in [0, 0.05) is 49.3 Å². The topological polar surface area (TPSA) is 62.4 Å². The Morgan fingerprint density at radius 3 is 1.56 bits per heavy atom. The predicted octanol–water partition coefficient (Wildman–Crippen LogP) is 12.4. The summed E-state index contributed by atoms with van der Waals surface area (Å²) in [7, 11) is 0. The number of rotatable bonds is 4. The van der Waals surface area contributed by atoms with Gasteiger partial charge in [0.2, 0.25) is 0 Å². The molecule has 3 aromatic heterocycles. The van der Waals surface area contributed by atoms with Crippen LogP contribution in [0.3, 0.4) is 0 Å². The molecule has 55 heavy (non-hydrogen) atoms. The number of aromatic nitrogens is 3. The highest BCUT2D eigenvalue weighted by Crippen LogP contribution is 2.40. The Morgan fingerprint density at radius 2 is 0.909 bits per heavy atom. The molecule has 8 aromatic carbocycles. The molecule has 0 saturated carbocycles. The Balaban J connectivity index is 1.16. The fourth-order valence-electron chi connectivity index (χ4n) is 8.79. The third-order valence-corrected chi connectivity index (χ3v) is 11.1. The van der Waals surface area contributed by atoms with Crippen LogP contribution in [0.4, 0.5) is 0 Å². The van der Waals surface area contributed by atoms with E-state index in [0.29, 0.717) is 11.1 Å². The van der Waals surface area contributed by atoms with Crippen LogP contribution in [-0.4, -0.2) is 13.7 Å². The molecule has 0 radical (unpaired) electrons. The minimum Gasteiger partial charge on any atom is -0.309 e. The minimum atomic E-state index is 0.579. The number of benzene rings is 8. The first-order valence-corrected chi connectivity index (χ1v) is 18.3. The minimum absolute atomic E-state index is 0.579. The number of nitrogens with zero attached hydrogens (tertiary/aromatic N) is 5. The average Bonchev–Trinajstić information content (AvgIpc) is 3.89. The molecular weight excluding hydrogens is 671 g/mol. The van der Waals surface area contributed by atoms with E-state index in [1.54, 1.807) is 0 Å². The van der Waals surface area contributed by atoms with Crippen molar-refractivity contribution < 1.29 is 0 Å². The van der Waals surface area contributed by atoms with Gasteiger partial charge in [-0.05, 0) is 84.4 Å². The maximum Gasteiger partial charge on any atom is 0.0998 e. The van der Waals surface area contributed by atoms with Crippen LogP contribution in [0.2, 0.25) is 0 Å². The fourth-order valence-corrected chi connectivity index (χ4v) is 8.79. The lowest BCUT2D eigenvalue weighted by Gasteiger charge is -2.16. The number of hydrogen-bond donors (Lipinski definition) is 0. The lowest BCUT2D eigenvalue weighted by molar-refractivity contribution is 1.15. The Labute approximate surface area is 316 Å². The summed E-state index contributed by atoms with van der Waals surface area (Å²) in [5.41, 5.74) is 12.7. The molecule has 11 rings (SSSR count). The molecular formula is C50H29N5. The zero-order valence-electron chi connectivity index (χ0n) is 29.5. The van der Waals surface area contributed by atoms with Crippen LogP contribution >= 0.6 is 0 Å². The van der Waals surface area contributed by atoms with Crippen LogP contribution in [0.1, 0.15) is 11.1 Å². The van der Waals surface area contributed by atoms with Crippen molar-refractivity contribution in [3.8, 4) is 40.3 Å². The van der Waals surface area contributed by atoms with Crippen LogP contribution in [0, 0.1) is 22.7 Å². The van der Waals surface area contributed by atoms with Crippen LogP contribution in [-0.2, 0) is 0 Å². The van der Waals surface area contributed by atoms with Crippen LogP contribution in [0.5, 0.6) is 0 Å². The predicted molar refractivity (Wildman–Crippen MR) is 224 cm³/mol. The molecule has 3 heterocycles. The van der Waals surface area contributed by atoms with Crippen molar-refractivity contribution in [2.75, 3.05) is 0 Å². The van der Waals surface area contributed by atoms with Crippen molar-refractivity contribution in [1.29, 1.82) is 10.5 Å². The summed E-state index contributed by atoms with van der Waals surface area (Å²) >= 11 is 0. The van der Waals surface area contributed by atoms with E-state index in [-0.39, 0.29) is 0 Å². The SMILES string of the molecule is N#Cc1ccc(-n2c3ccccc3c3c(C#N)cccc32)c(-c2cccc(-n3c4ccccc4c4ccc(-n5c6ccccc6c6ccccc65)cc43)c2)c1. The third-order valence-electron chi connectivity index (χ3n) is 11.1. The summed E-state index contributed by atoms with van der Waals surface area (Å²) in [6.45, 7) is 0. The standard InChI is InChI=1S/C50H29N5/c51-30-32-23-26-47(55-46-21-8-4-17-41(46)50-34(31-52)12-10-22-48(50)55)42(27-32)33-11-9-13-35(28-33)54-45-20-7-3-16-39(45)40-25-24-36(29-49(40)54)53-43-18-5-1-14-37(43)38-15-2-6-19-44(38)53/h1-29H. The highest BCUT2D eigenvalue weighted by Gasteiger charge is 2.20. The van der Waals surface area contributed by atoms with E-state index in [0.717, 1.165) is 61.0 Å². The van der Waals surface area contributed by atoms with Crippen molar-refractivity contribution in [3.05, 3.63) is 187 Å². The summed E-state index contributed by atoms with van der Waals surface area (Å²) in [5, 5.41) is 27.0. The number of hydrogen-bond acceptors (Lipinski definition) is 2. The molecule has 11 aromatic rings. The van der Waals surface area contributed by atoms with Gasteiger partial charge in [-0.15, -0.1) is 0 Å². The van der Waals surface area contributed by atoms with Gasteiger partial charge in [-0.2, -0.15) is 10.5 Å². The molecule has 0 atom stereocenters. The summed E-state index contributed by atoms with van der Waals surface area (Å²) in [6.07, 6.45) is 0. The molecule has 0 amide bonds. The largest absolute Gasteiger partial charge is 0.309 e. The molecule has 0 saturated heterocycles. The number of para-hydroxylation sites is 4. The van der Waals surface area contributed by atoms with Gasteiger partial charge in [0.1, 0.15) is 0 Å². The van der Waals surface area contributed by atoms with Gasteiger partial charge in [0.25, 0.3) is 0 Å². The van der Waals surface area contributed by atoms with E-state index in [4.69, 9.17) is 0 Å². The van der Waals surface area contributed by atoms with Crippen molar-refractivity contribution in [1.82, 2.24) is 13.7 Å². The fraction of sp³-hybridized carbons (Fsp3) is 0. The molecule has 0 aliphatic carbocycles. The maximum absolute atomic E-state index is 10.1. The number of nitriles is 2. The molecule has 254 valence electrons. The van der Waals surface area contributed by atoms with Crippen molar-refractivity contribution in [3.63, 3.8) is 0 Å². The van der Waals surface area contributed by atoms with Crippen LogP contribution < -0.4 is 0 Å². The first-order chi connectivity index (χ1) is 27.2. The normalized spacial score (nSPS) is 11.6. The summed E-state index contributed by atoms with van der Waals surface area (Å²) < 4.78 is 6.96. The monoisotopic (exact) mass is 699 g/mol. The Kier molecular flexibility index (Phi) is 6.61. The molecule has 0 fully saturated rings. The average molecular weight is 700 g/mol. The van der Waals surface area contributed by atoms with E-state index in [9.17, 15) is 10.5 Å². The zero-order chi connectivity index (χ0) is 36.6. The van der Waals surface area contributed by atoms with E-state index >= 15 is 0 Å². The summed E-state index contributed by atoms with van der Waals surface area (Å²) in [4.78, 5) is 0. The van der Waals surface area contributed by atoms with Gasteiger partial charge in [-0.1, -0.05) is 97.1 Å². The maximum atomic E-state index is 10.1. The van der Waals surface area contributed by atoms with Gasteiger partial charge in [-0.25, -0.2) is 0 Å². The lowest BCUT2D eigenvalue weighted by Crippen LogP contribution is -2.00. The zero-order valence-corrected chi connectivity index (χ0v) is 29.5. The van der Waals surface area contributed by atoms with Gasteiger partial charge in [-0.3, -0.25) is 0 Å². The number of fused-ring (bicyclic) bond motifs is 9. The Bertz CT molecular complexity index is 3420. The van der Waals surface area contributed by atoms with E-state index < -0.39 is 0 Å². The van der Waals surface area contributed by atoms with Crippen molar-refractivity contribution in [2.24, 2.45) is 0 Å². The van der Waals surface area contributed by atoms with Crippen molar-refractivity contribution in [2.45, 2.75) is 0 Å². The molecule has 0 N–H and O–H groups in total. The van der Waals surface area contributed by atoms with E-state index in [1.807, 2.05) is 42.5 Å². The first kappa shape index (κ1) is 30.7. The molecule has 0 unspecified atom stereocenters. The second-order valence-electron chi connectivity index (χ2n) is 14.0. The van der Waals surface area contributed by atoms with Crippen LogP contribution in [0.25, 0.3) is 93.6 Å². The van der Waals surface area contributed by atoms with Crippen LogP contribution in [0.15, 0.2) is 176 Å². The summed E-state index contributed by atoms with van der Waals surface area (Å²) in [6, 6.07) is 66.0. The van der Waals surface area contributed by atoms with E-state index in [2.05, 4.69) is 159 Å². The smallest absolute Gasteiger partial charge is 0.0998 e. The Hall–Kier alpha value is -7.86. The quantitative estimate of drug-likeness (QED) is 0.184. The molecule has 0 spiro atoms. The van der Waals surface area contributed by atoms with Crippen molar-refractivity contribution >= 4 is 65.4 Å². The molecule has 0 aliphatic heterocycles. The third kappa shape index (κ3) is 4.45. The second-order valence-corrected chi connectivity index (χ2v) is 14.0. The van der Waals surface area contributed by atoms with Gasteiger partial charge in [0.05, 0.1) is 62.1 Å². The van der Waals surface area contributed by atoms with E-state index in [1.165, 1.54) is 32.6 Å². The lowest BCUT2D eigenvalue weighted by atomic mass is 10.00.